The lowest BCUT2D eigenvalue weighted by Gasteiger charge is -2.25. The number of nitrogens with zero attached hydrogens (tertiary/aromatic N) is 1. The first-order valence-electron chi connectivity index (χ1n) is 5.78. The molecule has 92 valence electrons. The van der Waals surface area contributed by atoms with Gasteiger partial charge in [-0.15, -0.1) is 0 Å². The van der Waals surface area contributed by atoms with Crippen LogP contribution in [0.4, 0.5) is 0 Å². The minimum Gasteiger partial charge on any atom is -0.392 e. The first-order chi connectivity index (χ1) is 7.60. The first-order valence-corrected chi connectivity index (χ1v) is 6.19. The summed E-state index contributed by atoms with van der Waals surface area (Å²) < 4.78 is 5.52. The van der Waals surface area contributed by atoms with Gasteiger partial charge in [-0.3, -0.25) is 4.79 Å². The maximum atomic E-state index is 12.2. The van der Waals surface area contributed by atoms with E-state index in [9.17, 15) is 4.79 Å². The van der Waals surface area contributed by atoms with Crippen LogP contribution in [0.3, 0.4) is 0 Å². The minimum absolute atomic E-state index is 0.0145. The van der Waals surface area contributed by atoms with Crippen LogP contribution in [-0.2, 0) is 9.53 Å². The summed E-state index contributed by atoms with van der Waals surface area (Å²) in [6.07, 6.45) is 1.75. The highest BCUT2D eigenvalue weighted by atomic mass is 32.1. The molecular formula is C11H20N2O2S. The van der Waals surface area contributed by atoms with Crippen molar-refractivity contribution in [2.24, 2.45) is 11.7 Å². The van der Waals surface area contributed by atoms with E-state index in [1.165, 1.54) is 0 Å². The lowest BCUT2D eigenvalue weighted by molar-refractivity contribution is -0.136. The molecule has 1 fully saturated rings. The van der Waals surface area contributed by atoms with Gasteiger partial charge in [-0.05, 0) is 19.8 Å². The number of thiocarbonyl (C=S) groups is 1. The van der Waals surface area contributed by atoms with Crippen molar-refractivity contribution in [3.63, 3.8) is 0 Å². The van der Waals surface area contributed by atoms with Gasteiger partial charge in [0.05, 0.1) is 23.6 Å². The van der Waals surface area contributed by atoms with Gasteiger partial charge in [0, 0.05) is 13.2 Å². The SMILES string of the molecule is CCC1OCCC1C(=O)N(CC)CC(N)=S. The smallest absolute Gasteiger partial charge is 0.228 e. The zero-order valence-electron chi connectivity index (χ0n) is 9.94. The van der Waals surface area contributed by atoms with E-state index in [-0.39, 0.29) is 17.9 Å². The van der Waals surface area contributed by atoms with Crippen LogP contribution >= 0.6 is 12.2 Å². The number of hydrogen-bond donors (Lipinski definition) is 1. The fourth-order valence-corrected chi connectivity index (χ4v) is 2.26. The number of rotatable bonds is 5. The second-order valence-electron chi connectivity index (χ2n) is 4.03. The lowest BCUT2D eigenvalue weighted by Crippen LogP contribution is -2.43. The molecule has 5 heteroatoms. The van der Waals surface area contributed by atoms with Gasteiger partial charge < -0.3 is 15.4 Å². The fourth-order valence-electron chi connectivity index (χ4n) is 2.10. The molecule has 0 spiro atoms. The molecule has 2 unspecified atom stereocenters. The molecule has 0 aromatic rings. The third kappa shape index (κ3) is 3.15. The first kappa shape index (κ1) is 13.4. The Bertz CT molecular complexity index is 271. The van der Waals surface area contributed by atoms with Crippen molar-refractivity contribution >= 4 is 23.1 Å². The molecule has 1 heterocycles. The maximum Gasteiger partial charge on any atom is 0.228 e. The quantitative estimate of drug-likeness (QED) is 0.731. The highest BCUT2D eigenvalue weighted by Crippen LogP contribution is 2.25. The van der Waals surface area contributed by atoms with Crippen LogP contribution in [0, 0.1) is 5.92 Å². The van der Waals surface area contributed by atoms with Gasteiger partial charge in [0.15, 0.2) is 0 Å². The Balaban J connectivity index is 2.63. The van der Waals surface area contributed by atoms with Crippen molar-refractivity contribution in [1.29, 1.82) is 0 Å². The molecular weight excluding hydrogens is 224 g/mol. The van der Waals surface area contributed by atoms with Gasteiger partial charge in [-0.1, -0.05) is 19.1 Å². The molecule has 16 heavy (non-hydrogen) atoms. The summed E-state index contributed by atoms with van der Waals surface area (Å²) in [6.45, 7) is 5.67. The predicted molar refractivity (Wildman–Crippen MR) is 67.2 cm³/mol. The maximum absolute atomic E-state index is 12.2. The summed E-state index contributed by atoms with van der Waals surface area (Å²) >= 11 is 4.84. The lowest BCUT2D eigenvalue weighted by atomic mass is 9.98. The molecule has 1 saturated heterocycles. The number of nitrogens with two attached hydrogens (primary N) is 1. The Morgan fingerprint density at radius 1 is 1.56 bits per heavy atom. The summed E-state index contributed by atoms with van der Waals surface area (Å²) in [5, 5.41) is 0. The van der Waals surface area contributed by atoms with Crippen molar-refractivity contribution in [1.82, 2.24) is 4.90 Å². The second kappa shape index (κ2) is 6.15. The summed E-state index contributed by atoms with van der Waals surface area (Å²) in [5.41, 5.74) is 5.48. The van der Waals surface area contributed by atoms with Crippen LogP contribution in [0.15, 0.2) is 0 Å². The molecule has 1 amide bonds. The third-order valence-corrected chi connectivity index (χ3v) is 3.10. The van der Waals surface area contributed by atoms with Gasteiger partial charge in [0.25, 0.3) is 0 Å². The molecule has 0 bridgehead atoms. The molecule has 2 atom stereocenters. The molecule has 0 aromatic heterocycles. The zero-order valence-corrected chi connectivity index (χ0v) is 10.8. The molecule has 2 N–H and O–H groups in total. The molecule has 0 saturated carbocycles. The molecule has 4 nitrogen and oxygen atoms in total. The van der Waals surface area contributed by atoms with Gasteiger partial charge in [-0.2, -0.15) is 0 Å². The van der Waals surface area contributed by atoms with E-state index in [1.807, 2.05) is 13.8 Å². The Morgan fingerprint density at radius 2 is 2.25 bits per heavy atom. The van der Waals surface area contributed by atoms with Gasteiger partial charge in [0.2, 0.25) is 5.91 Å². The molecule has 0 aliphatic carbocycles. The van der Waals surface area contributed by atoms with E-state index in [4.69, 9.17) is 22.7 Å². The second-order valence-corrected chi connectivity index (χ2v) is 4.56. The van der Waals surface area contributed by atoms with Gasteiger partial charge >= 0.3 is 0 Å². The van der Waals surface area contributed by atoms with Crippen LogP contribution in [0.25, 0.3) is 0 Å². The van der Waals surface area contributed by atoms with Gasteiger partial charge in [0.1, 0.15) is 0 Å². The summed E-state index contributed by atoms with van der Waals surface area (Å²) in [7, 11) is 0. The van der Waals surface area contributed by atoms with Gasteiger partial charge in [-0.25, -0.2) is 0 Å². The average Bonchev–Trinajstić information content (AvgIpc) is 2.72. The average molecular weight is 244 g/mol. The highest BCUT2D eigenvalue weighted by molar-refractivity contribution is 7.80. The van der Waals surface area contributed by atoms with E-state index in [2.05, 4.69) is 0 Å². The topological polar surface area (TPSA) is 55.6 Å². The van der Waals surface area contributed by atoms with E-state index >= 15 is 0 Å². The van der Waals surface area contributed by atoms with Crippen molar-refractivity contribution in [2.45, 2.75) is 32.8 Å². The van der Waals surface area contributed by atoms with Crippen LogP contribution in [0.1, 0.15) is 26.7 Å². The van der Waals surface area contributed by atoms with Crippen LogP contribution in [-0.4, -0.2) is 41.6 Å². The summed E-state index contributed by atoms with van der Waals surface area (Å²) in [6, 6.07) is 0. The molecule has 1 rings (SSSR count). The molecule has 1 aliphatic heterocycles. The standard InChI is InChI=1S/C11H20N2O2S/c1-3-9-8(5-6-15-9)11(14)13(4-2)7-10(12)16/h8-9H,3-7H2,1-2H3,(H2,12,16). The van der Waals surface area contributed by atoms with E-state index in [1.54, 1.807) is 4.90 Å². The van der Waals surface area contributed by atoms with Crippen molar-refractivity contribution < 1.29 is 9.53 Å². The number of likely N-dealkylation sites (N-methyl/N-ethyl adjacent to an activating group) is 1. The van der Waals surface area contributed by atoms with Crippen molar-refractivity contribution in [3.05, 3.63) is 0 Å². The Labute approximate surface area is 102 Å². The third-order valence-electron chi connectivity index (χ3n) is 2.97. The number of hydrogen-bond acceptors (Lipinski definition) is 3. The van der Waals surface area contributed by atoms with Crippen molar-refractivity contribution in [3.8, 4) is 0 Å². The monoisotopic (exact) mass is 244 g/mol. The number of carbonyl (C=O) groups is 1. The zero-order chi connectivity index (χ0) is 12.1. The van der Waals surface area contributed by atoms with E-state index < -0.39 is 0 Å². The Hall–Kier alpha value is -0.680. The van der Waals surface area contributed by atoms with Crippen LogP contribution in [0.2, 0.25) is 0 Å². The Kier molecular flexibility index (Phi) is 5.15. The van der Waals surface area contributed by atoms with Crippen molar-refractivity contribution in [2.75, 3.05) is 19.7 Å². The molecule has 0 aromatic carbocycles. The van der Waals surface area contributed by atoms with Crippen LogP contribution in [0.5, 0.6) is 0 Å². The Morgan fingerprint density at radius 3 is 2.75 bits per heavy atom. The summed E-state index contributed by atoms with van der Waals surface area (Å²) in [5.74, 6) is 0.110. The highest BCUT2D eigenvalue weighted by Gasteiger charge is 2.35. The minimum atomic E-state index is -0.0145. The van der Waals surface area contributed by atoms with E-state index in [0.717, 1.165) is 12.8 Å². The largest absolute Gasteiger partial charge is 0.392 e. The predicted octanol–water partition coefficient (Wildman–Crippen LogP) is 0.936. The molecule has 0 radical (unpaired) electrons. The number of amides is 1. The fraction of sp³-hybridized carbons (Fsp3) is 0.818. The number of ether oxygens (including phenoxy) is 1. The normalized spacial score (nSPS) is 24.4. The number of carbonyl (C=O) groups excluding carboxylic acids is 1. The van der Waals surface area contributed by atoms with E-state index in [0.29, 0.717) is 24.7 Å². The molecule has 1 aliphatic rings. The van der Waals surface area contributed by atoms with Crippen LogP contribution < -0.4 is 5.73 Å². The summed E-state index contributed by atoms with van der Waals surface area (Å²) in [4.78, 5) is 14.3.